The molecule has 0 heterocycles. The SMILES string of the molecule is CC(C)(C)OC(=O)COC(COCCOCCN)COCCOCCN. The Labute approximate surface area is 156 Å². The average Bonchev–Trinajstić information content (AvgIpc) is 2.56. The molecule has 156 valence electrons. The van der Waals surface area contributed by atoms with E-state index in [4.69, 9.17) is 39.9 Å². The van der Waals surface area contributed by atoms with Gasteiger partial charge in [-0.3, -0.25) is 0 Å². The number of hydrogen-bond acceptors (Lipinski definition) is 9. The molecule has 0 aliphatic heterocycles. The molecule has 0 aliphatic rings. The van der Waals surface area contributed by atoms with Crippen LogP contribution >= 0.6 is 0 Å². The van der Waals surface area contributed by atoms with Crippen LogP contribution in [-0.2, 0) is 33.2 Å². The number of esters is 1. The van der Waals surface area contributed by atoms with Crippen LogP contribution in [0.3, 0.4) is 0 Å². The third kappa shape index (κ3) is 18.0. The summed E-state index contributed by atoms with van der Waals surface area (Å²) in [6, 6.07) is 0. The molecule has 0 saturated carbocycles. The molecule has 0 rings (SSSR count). The summed E-state index contributed by atoms with van der Waals surface area (Å²) in [4.78, 5) is 11.8. The molecule has 0 bridgehead atoms. The van der Waals surface area contributed by atoms with Gasteiger partial charge in [0, 0.05) is 13.1 Å². The van der Waals surface area contributed by atoms with E-state index in [0.29, 0.717) is 52.7 Å². The molecule has 0 saturated heterocycles. The van der Waals surface area contributed by atoms with E-state index in [-0.39, 0.29) is 19.8 Å². The minimum absolute atomic E-state index is 0.165. The highest BCUT2D eigenvalue weighted by Gasteiger charge is 2.18. The van der Waals surface area contributed by atoms with Crippen LogP contribution in [0.25, 0.3) is 0 Å². The molecule has 0 aromatic heterocycles. The number of carbonyl (C=O) groups excluding carboxylic acids is 1. The fourth-order valence-corrected chi connectivity index (χ4v) is 1.74. The van der Waals surface area contributed by atoms with Crippen molar-refractivity contribution in [3.8, 4) is 0 Å². The minimum Gasteiger partial charge on any atom is -0.458 e. The molecule has 0 aliphatic carbocycles. The van der Waals surface area contributed by atoms with Crippen molar-refractivity contribution in [2.45, 2.75) is 32.5 Å². The first kappa shape index (κ1) is 25.2. The molecule has 4 N–H and O–H groups in total. The number of ether oxygens (including phenoxy) is 6. The summed E-state index contributed by atoms with van der Waals surface area (Å²) in [7, 11) is 0. The molecule has 0 fully saturated rings. The Bertz CT molecular complexity index is 322. The van der Waals surface area contributed by atoms with Gasteiger partial charge in [-0.1, -0.05) is 0 Å². The Morgan fingerprint density at radius 1 is 0.808 bits per heavy atom. The Morgan fingerprint density at radius 3 is 1.69 bits per heavy atom. The van der Waals surface area contributed by atoms with Crippen LogP contribution < -0.4 is 11.5 Å². The van der Waals surface area contributed by atoms with E-state index >= 15 is 0 Å². The van der Waals surface area contributed by atoms with Gasteiger partial charge in [-0.2, -0.15) is 0 Å². The maximum atomic E-state index is 11.8. The number of nitrogens with two attached hydrogens (primary N) is 2. The van der Waals surface area contributed by atoms with Crippen LogP contribution in [0.1, 0.15) is 20.8 Å². The second-order valence-corrected chi connectivity index (χ2v) is 6.47. The van der Waals surface area contributed by atoms with Gasteiger partial charge in [0.05, 0.1) is 52.9 Å². The first-order valence-electron chi connectivity index (χ1n) is 8.93. The van der Waals surface area contributed by atoms with Crippen LogP contribution in [0.5, 0.6) is 0 Å². The van der Waals surface area contributed by atoms with E-state index < -0.39 is 17.7 Å². The fourth-order valence-electron chi connectivity index (χ4n) is 1.74. The molecule has 26 heavy (non-hydrogen) atoms. The summed E-state index contributed by atoms with van der Waals surface area (Å²) < 4.78 is 32.2. The zero-order valence-corrected chi connectivity index (χ0v) is 16.4. The lowest BCUT2D eigenvalue weighted by atomic mass is 10.2. The van der Waals surface area contributed by atoms with Crippen molar-refractivity contribution in [1.29, 1.82) is 0 Å². The lowest BCUT2D eigenvalue weighted by molar-refractivity contribution is -0.165. The number of hydrogen-bond donors (Lipinski definition) is 2. The zero-order valence-electron chi connectivity index (χ0n) is 16.4. The van der Waals surface area contributed by atoms with Crippen LogP contribution in [0.4, 0.5) is 0 Å². The van der Waals surface area contributed by atoms with Gasteiger partial charge >= 0.3 is 5.97 Å². The first-order valence-corrected chi connectivity index (χ1v) is 8.93. The predicted molar refractivity (Wildman–Crippen MR) is 97.0 cm³/mol. The second kappa shape index (κ2) is 16.4. The lowest BCUT2D eigenvalue weighted by Gasteiger charge is -2.22. The third-order valence-electron chi connectivity index (χ3n) is 2.73. The molecule has 0 unspecified atom stereocenters. The molecule has 9 heteroatoms. The maximum absolute atomic E-state index is 11.8. The van der Waals surface area contributed by atoms with Crippen molar-refractivity contribution in [2.75, 3.05) is 72.6 Å². The molecule has 9 nitrogen and oxygen atoms in total. The van der Waals surface area contributed by atoms with E-state index in [2.05, 4.69) is 0 Å². The molecular formula is C17H36N2O7. The standard InChI is InChI=1S/C17H36N2O7/c1-17(2,3)26-16(20)14-25-15(12-23-10-8-21-6-4-18)13-24-11-9-22-7-5-19/h15H,4-14,18-19H2,1-3H3. The van der Waals surface area contributed by atoms with E-state index in [1.807, 2.05) is 0 Å². The van der Waals surface area contributed by atoms with E-state index in [1.54, 1.807) is 20.8 Å². The monoisotopic (exact) mass is 380 g/mol. The number of carbonyl (C=O) groups is 1. The van der Waals surface area contributed by atoms with Gasteiger partial charge in [0.25, 0.3) is 0 Å². The van der Waals surface area contributed by atoms with Crippen molar-refractivity contribution < 1.29 is 33.2 Å². The van der Waals surface area contributed by atoms with Crippen molar-refractivity contribution in [3.05, 3.63) is 0 Å². The molecule has 0 aromatic rings. The molecule has 0 spiro atoms. The lowest BCUT2D eigenvalue weighted by Crippen LogP contribution is -2.32. The van der Waals surface area contributed by atoms with E-state index in [0.717, 1.165) is 0 Å². The van der Waals surface area contributed by atoms with E-state index in [9.17, 15) is 4.79 Å². The van der Waals surface area contributed by atoms with Gasteiger partial charge in [0.15, 0.2) is 0 Å². The van der Waals surface area contributed by atoms with Crippen LogP contribution in [0.2, 0.25) is 0 Å². The van der Waals surface area contributed by atoms with Crippen LogP contribution in [0.15, 0.2) is 0 Å². The summed E-state index contributed by atoms with van der Waals surface area (Å²) in [5.74, 6) is -0.431. The zero-order chi connectivity index (χ0) is 19.7. The highest BCUT2D eigenvalue weighted by atomic mass is 16.6. The van der Waals surface area contributed by atoms with Crippen molar-refractivity contribution in [2.24, 2.45) is 11.5 Å². The topological polar surface area (TPSA) is 124 Å². The third-order valence-corrected chi connectivity index (χ3v) is 2.73. The summed E-state index contributed by atoms with van der Waals surface area (Å²) in [5.41, 5.74) is 10.1. The Kier molecular flexibility index (Phi) is 15.9. The van der Waals surface area contributed by atoms with E-state index in [1.165, 1.54) is 0 Å². The minimum atomic E-state index is -0.552. The van der Waals surface area contributed by atoms with Gasteiger partial charge in [-0.25, -0.2) is 4.79 Å². The fraction of sp³-hybridized carbons (Fsp3) is 0.941. The average molecular weight is 380 g/mol. The highest BCUT2D eigenvalue weighted by Crippen LogP contribution is 2.07. The molecule has 0 radical (unpaired) electrons. The maximum Gasteiger partial charge on any atom is 0.332 e. The van der Waals surface area contributed by atoms with Gasteiger partial charge in [0.2, 0.25) is 0 Å². The van der Waals surface area contributed by atoms with Crippen LogP contribution in [0, 0.1) is 0 Å². The summed E-state index contributed by atoms with van der Waals surface area (Å²) in [5, 5.41) is 0. The Morgan fingerprint density at radius 2 is 1.27 bits per heavy atom. The molecule has 0 aromatic carbocycles. The highest BCUT2D eigenvalue weighted by molar-refractivity contribution is 5.71. The largest absolute Gasteiger partial charge is 0.458 e. The summed E-state index contributed by atoms with van der Waals surface area (Å²) in [6.07, 6.45) is -0.397. The van der Waals surface area contributed by atoms with Gasteiger partial charge in [-0.15, -0.1) is 0 Å². The summed E-state index contributed by atoms with van der Waals surface area (Å²) >= 11 is 0. The normalized spacial score (nSPS) is 11.9. The quantitative estimate of drug-likeness (QED) is 0.258. The first-order chi connectivity index (χ1) is 12.4. The van der Waals surface area contributed by atoms with Crippen LogP contribution in [-0.4, -0.2) is 90.2 Å². The Hall–Kier alpha value is -0.810. The van der Waals surface area contributed by atoms with Gasteiger partial charge < -0.3 is 39.9 Å². The summed E-state index contributed by atoms with van der Waals surface area (Å²) in [6.45, 7) is 9.45. The van der Waals surface area contributed by atoms with Crippen molar-refractivity contribution in [1.82, 2.24) is 0 Å². The molecule has 0 atom stereocenters. The smallest absolute Gasteiger partial charge is 0.332 e. The Balaban J connectivity index is 4.07. The predicted octanol–water partition coefficient (Wildman–Crippen LogP) is -0.303. The molecular weight excluding hydrogens is 344 g/mol. The second-order valence-electron chi connectivity index (χ2n) is 6.47. The van der Waals surface area contributed by atoms with Gasteiger partial charge in [-0.05, 0) is 20.8 Å². The van der Waals surface area contributed by atoms with Gasteiger partial charge in [0.1, 0.15) is 18.3 Å². The number of rotatable bonds is 17. The van der Waals surface area contributed by atoms with Crippen molar-refractivity contribution >= 4 is 5.97 Å². The van der Waals surface area contributed by atoms with Crippen molar-refractivity contribution in [3.63, 3.8) is 0 Å². The molecule has 0 amide bonds.